The molecule has 7 heteroatoms. The summed E-state index contributed by atoms with van der Waals surface area (Å²) in [5, 5.41) is 10.7. The Morgan fingerprint density at radius 2 is 2.26 bits per heavy atom. The van der Waals surface area contributed by atoms with Gasteiger partial charge >= 0.3 is 5.82 Å². The monoisotopic (exact) mass is 279 g/mol. The van der Waals surface area contributed by atoms with Crippen molar-refractivity contribution in [1.82, 2.24) is 9.55 Å². The molecule has 1 heterocycles. The Hall–Kier alpha value is -2.02. The fourth-order valence-electron chi connectivity index (χ4n) is 1.61. The van der Waals surface area contributed by atoms with E-state index in [1.807, 2.05) is 19.1 Å². The number of hydrogen-bond donors (Lipinski definition) is 1. The molecule has 0 N–H and O–H groups in total. The topological polar surface area (TPSA) is 70.2 Å². The molecular formula is C12H13N3O3S. The molecule has 19 heavy (non-hydrogen) atoms. The number of imidazole rings is 1. The van der Waals surface area contributed by atoms with E-state index in [0.717, 1.165) is 10.5 Å². The molecule has 1 aromatic heterocycles. The third-order valence-corrected chi connectivity index (χ3v) is 3.28. The first-order valence-electron chi connectivity index (χ1n) is 5.56. The molecule has 0 radical (unpaired) electrons. The second-order valence-corrected chi connectivity index (χ2v) is 4.57. The van der Waals surface area contributed by atoms with E-state index in [-0.39, 0.29) is 12.4 Å². The largest absolute Gasteiger partial charge is 0.483 e. The third kappa shape index (κ3) is 2.87. The minimum atomic E-state index is -0.476. The maximum Gasteiger partial charge on any atom is 0.342 e. The summed E-state index contributed by atoms with van der Waals surface area (Å²) in [4.78, 5) is 15.1. The lowest BCUT2D eigenvalue weighted by Gasteiger charge is -2.06. The zero-order chi connectivity index (χ0) is 14.0. The molecule has 0 unspecified atom stereocenters. The van der Waals surface area contributed by atoms with Crippen molar-refractivity contribution in [2.24, 2.45) is 7.05 Å². The molecule has 6 nitrogen and oxygen atoms in total. The lowest BCUT2D eigenvalue weighted by Crippen LogP contribution is -2.05. The lowest BCUT2D eigenvalue weighted by atomic mass is 10.2. The van der Waals surface area contributed by atoms with Crippen molar-refractivity contribution in [1.29, 1.82) is 0 Å². The molecule has 0 saturated carbocycles. The zero-order valence-corrected chi connectivity index (χ0v) is 11.4. The van der Waals surface area contributed by atoms with Crippen LogP contribution in [0.4, 0.5) is 5.82 Å². The third-order valence-electron chi connectivity index (χ3n) is 2.78. The Kier molecular flexibility index (Phi) is 3.75. The summed E-state index contributed by atoms with van der Waals surface area (Å²) in [6.07, 6.45) is 1.22. The first kappa shape index (κ1) is 13.4. The summed E-state index contributed by atoms with van der Waals surface area (Å²) in [7, 11) is 1.59. The second-order valence-electron chi connectivity index (χ2n) is 4.09. The van der Waals surface area contributed by atoms with Crippen LogP contribution >= 0.6 is 12.6 Å². The lowest BCUT2D eigenvalue weighted by molar-refractivity contribution is -0.391. The predicted octanol–water partition coefficient (Wildman–Crippen LogP) is 2.50. The van der Waals surface area contributed by atoms with Gasteiger partial charge in [-0.1, -0.05) is 0 Å². The van der Waals surface area contributed by atoms with Crippen LogP contribution in [0.2, 0.25) is 0 Å². The summed E-state index contributed by atoms with van der Waals surface area (Å²) < 4.78 is 6.96. The van der Waals surface area contributed by atoms with E-state index in [4.69, 9.17) is 4.74 Å². The summed E-state index contributed by atoms with van der Waals surface area (Å²) >= 11 is 4.28. The van der Waals surface area contributed by atoms with Crippen molar-refractivity contribution < 1.29 is 9.66 Å². The minimum absolute atomic E-state index is 0.0551. The van der Waals surface area contributed by atoms with E-state index in [0.29, 0.717) is 11.6 Å². The summed E-state index contributed by atoms with van der Waals surface area (Å²) in [5.74, 6) is 1.13. The number of nitrogens with zero attached hydrogens (tertiary/aromatic N) is 3. The van der Waals surface area contributed by atoms with Crippen LogP contribution in [0.3, 0.4) is 0 Å². The fraction of sp³-hybridized carbons (Fsp3) is 0.250. The van der Waals surface area contributed by atoms with Gasteiger partial charge in [0.1, 0.15) is 11.9 Å². The molecule has 2 rings (SSSR count). The number of nitro groups is 1. The highest BCUT2D eigenvalue weighted by Crippen LogP contribution is 2.21. The number of aromatic nitrogens is 2. The van der Waals surface area contributed by atoms with E-state index in [1.54, 1.807) is 13.1 Å². The van der Waals surface area contributed by atoms with Crippen molar-refractivity contribution in [3.05, 3.63) is 45.9 Å². The molecule has 2 aromatic rings. The van der Waals surface area contributed by atoms with Crippen LogP contribution in [-0.2, 0) is 13.7 Å². The molecule has 100 valence electrons. The van der Waals surface area contributed by atoms with Crippen molar-refractivity contribution in [2.75, 3.05) is 0 Å². The van der Waals surface area contributed by atoms with E-state index >= 15 is 0 Å². The quantitative estimate of drug-likeness (QED) is 0.530. The summed E-state index contributed by atoms with van der Waals surface area (Å²) in [6.45, 7) is 2.11. The van der Waals surface area contributed by atoms with E-state index in [1.165, 1.54) is 10.8 Å². The van der Waals surface area contributed by atoms with Crippen LogP contribution in [0.15, 0.2) is 29.3 Å². The van der Waals surface area contributed by atoms with Gasteiger partial charge in [-0.05, 0) is 35.6 Å². The van der Waals surface area contributed by atoms with Gasteiger partial charge in [0.2, 0.25) is 5.82 Å². The summed E-state index contributed by atoms with van der Waals surface area (Å²) in [6, 6.07) is 5.50. The number of ether oxygens (including phenoxy) is 1. The van der Waals surface area contributed by atoms with Crippen molar-refractivity contribution in [3.63, 3.8) is 0 Å². The molecule has 0 saturated heterocycles. The summed E-state index contributed by atoms with van der Waals surface area (Å²) in [5.41, 5.74) is 1.01. The normalized spacial score (nSPS) is 10.5. The molecule has 0 amide bonds. The van der Waals surface area contributed by atoms with Gasteiger partial charge in [0.25, 0.3) is 0 Å². The van der Waals surface area contributed by atoms with Gasteiger partial charge in [0, 0.05) is 4.90 Å². The van der Waals surface area contributed by atoms with Crippen LogP contribution in [0.25, 0.3) is 0 Å². The van der Waals surface area contributed by atoms with Gasteiger partial charge in [-0.25, -0.2) is 9.55 Å². The van der Waals surface area contributed by atoms with Gasteiger partial charge in [-0.2, -0.15) is 0 Å². The smallest absolute Gasteiger partial charge is 0.342 e. The maximum atomic E-state index is 10.7. The first-order valence-corrected chi connectivity index (χ1v) is 6.01. The Labute approximate surface area is 115 Å². The molecule has 0 aliphatic heterocycles. The van der Waals surface area contributed by atoms with E-state index in [9.17, 15) is 10.1 Å². The van der Waals surface area contributed by atoms with Crippen LogP contribution < -0.4 is 4.74 Å². The second kappa shape index (κ2) is 5.31. The van der Waals surface area contributed by atoms with Crippen molar-refractivity contribution in [2.45, 2.75) is 18.4 Å². The molecule has 1 aromatic carbocycles. The number of thiol groups is 1. The molecule has 0 fully saturated rings. The van der Waals surface area contributed by atoms with Crippen LogP contribution in [-0.4, -0.2) is 14.5 Å². The maximum absolute atomic E-state index is 10.7. The first-order chi connectivity index (χ1) is 8.99. The van der Waals surface area contributed by atoms with Crippen molar-refractivity contribution in [3.8, 4) is 5.75 Å². The van der Waals surface area contributed by atoms with Gasteiger partial charge in [0.05, 0.1) is 7.05 Å². The molecule has 0 aliphatic carbocycles. The van der Waals surface area contributed by atoms with Crippen LogP contribution in [0.1, 0.15) is 11.4 Å². The Balaban J connectivity index is 2.10. The molecule has 0 atom stereocenters. The zero-order valence-electron chi connectivity index (χ0n) is 10.5. The number of aryl methyl sites for hydroxylation is 1. The Morgan fingerprint density at radius 3 is 2.84 bits per heavy atom. The van der Waals surface area contributed by atoms with Crippen molar-refractivity contribution >= 4 is 18.4 Å². The number of hydrogen-bond acceptors (Lipinski definition) is 5. The van der Waals surface area contributed by atoms with Gasteiger partial charge in [-0.3, -0.25) is 0 Å². The molecule has 0 spiro atoms. The van der Waals surface area contributed by atoms with Crippen LogP contribution in [0, 0.1) is 17.0 Å². The van der Waals surface area contributed by atoms with E-state index < -0.39 is 4.92 Å². The predicted molar refractivity (Wildman–Crippen MR) is 72.6 cm³/mol. The highest BCUT2D eigenvalue weighted by Gasteiger charge is 2.16. The number of rotatable bonds is 4. The number of benzene rings is 1. The van der Waals surface area contributed by atoms with Gasteiger partial charge < -0.3 is 14.9 Å². The van der Waals surface area contributed by atoms with Gasteiger partial charge in [-0.15, -0.1) is 12.6 Å². The standard InChI is InChI=1S/C12H13N3O3S/c1-8-5-9(3-4-10(8)19)18-7-11-13-6-12(14(11)2)15(16)17/h3-6,19H,7H2,1-2H3. The average Bonchev–Trinajstić information content (AvgIpc) is 2.72. The molecule has 0 bridgehead atoms. The SMILES string of the molecule is Cc1cc(OCc2ncc([N+](=O)[O-])n2C)ccc1S. The average molecular weight is 279 g/mol. The van der Waals surface area contributed by atoms with Crippen LogP contribution in [0.5, 0.6) is 5.75 Å². The Bertz CT molecular complexity index is 625. The Morgan fingerprint density at radius 1 is 1.53 bits per heavy atom. The molecular weight excluding hydrogens is 266 g/mol. The van der Waals surface area contributed by atoms with E-state index in [2.05, 4.69) is 17.6 Å². The fourth-order valence-corrected chi connectivity index (χ4v) is 1.75. The highest BCUT2D eigenvalue weighted by molar-refractivity contribution is 7.80. The van der Waals surface area contributed by atoms with Gasteiger partial charge in [0.15, 0.2) is 6.61 Å². The minimum Gasteiger partial charge on any atom is -0.483 e. The highest BCUT2D eigenvalue weighted by atomic mass is 32.1. The molecule has 0 aliphatic rings.